The first-order chi connectivity index (χ1) is 4.31. The predicted molar refractivity (Wildman–Crippen MR) is 34.0 cm³/mol. The fourth-order valence-corrected chi connectivity index (χ4v) is 0.894. The van der Waals surface area contributed by atoms with Crippen LogP contribution in [-0.4, -0.2) is 49.1 Å². The summed E-state index contributed by atoms with van der Waals surface area (Å²) in [5.41, 5.74) is 0. The molecule has 0 bridgehead atoms. The van der Waals surface area contributed by atoms with Crippen LogP contribution in [0.15, 0.2) is 6.20 Å². The standard InChI is InChI=1S/C2HN2S.CH2O2.Na/c1-2-5-4-3-1;2-1-3;/h1H;1H,(H,2,3);. The number of aromatic nitrogens is 2. The number of nitrogens with zero attached hydrogens (tertiary/aromatic N) is 2. The molecule has 0 aliphatic rings. The first kappa shape index (κ1) is 9.03. The Balaban J connectivity index is 0.000000187. The third-order valence-corrected chi connectivity index (χ3v) is 1.85. The molecule has 1 rings (SSSR count). The monoisotopic (exact) mass is 154 g/mol. The molecule has 6 heteroatoms. The van der Waals surface area contributed by atoms with Gasteiger partial charge in [-0.25, -0.2) is 0 Å². The summed E-state index contributed by atoms with van der Waals surface area (Å²) in [6.07, 6.45) is 1.80. The Labute approximate surface area is 73.5 Å². The molecule has 0 unspecified atom stereocenters. The molecule has 44 valence electrons. The molecule has 0 fully saturated rings. The van der Waals surface area contributed by atoms with Gasteiger partial charge in [0.2, 0.25) is 0 Å². The Morgan fingerprint density at radius 2 is 2.44 bits per heavy atom. The molecule has 0 amide bonds. The zero-order valence-corrected chi connectivity index (χ0v) is 7.63. The SMILES string of the molecule is O=CO.[Na][c]1cnns1. The van der Waals surface area contributed by atoms with Crippen molar-refractivity contribution < 1.29 is 9.90 Å². The van der Waals surface area contributed by atoms with Gasteiger partial charge in [0.15, 0.2) is 0 Å². The van der Waals surface area contributed by atoms with Gasteiger partial charge in [0.1, 0.15) is 0 Å². The van der Waals surface area contributed by atoms with Crippen LogP contribution in [0.25, 0.3) is 0 Å². The predicted octanol–water partition coefficient (Wildman–Crippen LogP) is -0.967. The molecular weight excluding hydrogens is 151 g/mol. The molecule has 0 spiro atoms. The summed E-state index contributed by atoms with van der Waals surface area (Å²) in [7, 11) is 0. The van der Waals surface area contributed by atoms with Crippen LogP contribution in [0.4, 0.5) is 0 Å². The van der Waals surface area contributed by atoms with Crippen LogP contribution in [0.3, 0.4) is 0 Å². The van der Waals surface area contributed by atoms with Crippen molar-refractivity contribution in [1.29, 1.82) is 0 Å². The Bertz CT molecular complexity index is 155. The number of hydrogen-bond donors (Lipinski definition) is 1. The first-order valence-electron chi connectivity index (χ1n) is 2.13. The Morgan fingerprint density at radius 1 is 1.89 bits per heavy atom. The maximum atomic E-state index is 8.36. The van der Waals surface area contributed by atoms with E-state index in [1.807, 2.05) is 0 Å². The van der Waals surface area contributed by atoms with Gasteiger partial charge in [0.05, 0.1) is 0 Å². The summed E-state index contributed by atoms with van der Waals surface area (Å²) in [6, 6.07) is 0. The van der Waals surface area contributed by atoms with Crippen molar-refractivity contribution in [1.82, 2.24) is 9.59 Å². The molecule has 1 N–H and O–H groups in total. The zero-order valence-electron chi connectivity index (χ0n) is 4.81. The maximum absolute atomic E-state index is 8.36. The van der Waals surface area contributed by atoms with Crippen LogP contribution in [0.1, 0.15) is 0 Å². The van der Waals surface area contributed by atoms with E-state index in [-0.39, 0.29) is 6.47 Å². The summed E-state index contributed by atoms with van der Waals surface area (Å²) in [4.78, 5) is 8.36. The van der Waals surface area contributed by atoms with E-state index in [2.05, 4.69) is 9.59 Å². The Kier molecular flexibility index (Phi) is 6.18. The minimum atomic E-state index is -0.250. The van der Waals surface area contributed by atoms with Crippen LogP contribution < -0.4 is 2.13 Å². The normalized spacial score (nSPS) is 7.33. The van der Waals surface area contributed by atoms with Gasteiger partial charge in [-0.15, -0.1) is 0 Å². The van der Waals surface area contributed by atoms with E-state index in [4.69, 9.17) is 9.90 Å². The van der Waals surface area contributed by atoms with Crippen molar-refractivity contribution >= 4 is 48.1 Å². The molecule has 0 atom stereocenters. The fourth-order valence-electron chi connectivity index (χ4n) is 0.216. The van der Waals surface area contributed by atoms with Gasteiger partial charge in [-0.05, 0) is 0 Å². The number of rotatable bonds is 0. The van der Waals surface area contributed by atoms with Crippen molar-refractivity contribution in [2.45, 2.75) is 0 Å². The Hall–Kier alpha value is 0.0300. The van der Waals surface area contributed by atoms with Gasteiger partial charge in [0, 0.05) is 0 Å². The molecule has 0 saturated heterocycles. The van der Waals surface area contributed by atoms with E-state index < -0.39 is 0 Å². The summed E-state index contributed by atoms with van der Waals surface area (Å²) in [5, 5.41) is 10.5. The molecule has 0 aliphatic heterocycles. The number of carboxylic acid groups (broad SMARTS) is 1. The van der Waals surface area contributed by atoms with Crippen LogP contribution >= 0.6 is 11.5 Å². The number of carbonyl (C=O) groups is 1. The van der Waals surface area contributed by atoms with Crippen molar-refractivity contribution in [2.75, 3.05) is 0 Å². The van der Waals surface area contributed by atoms with E-state index >= 15 is 0 Å². The zero-order chi connectivity index (χ0) is 7.11. The Morgan fingerprint density at radius 3 is 2.56 bits per heavy atom. The summed E-state index contributed by atoms with van der Waals surface area (Å²) >= 11 is 2.57. The topological polar surface area (TPSA) is 63.1 Å². The first-order valence-corrected chi connectivity index (χ1v) is 3.90. The van der Waals surface area contributed by atoms with E-state index in [1.165, 1.54) is 13.7 Å². The average molecular weight is 154 g/mol. The summed E-state index contributed by atoms with van der Waals surface area (Å²) in [6.45, 7) is -0.250. The molecule has 0 aromatic carbocycles. The molecule has 1 heterocycles. The number of hydrogen-bond acceptors (Lipinski definition) is 4. The van der Waals surface area contributed by atoms with Crippen molar-refractivity contribution in [3.63, 3.8) is 0 Å². The van der Waals surface area contributed by atoms with Gasteiger partial charge >= 0.3 is 57.4 Å². The molecule has 1 aromatic rings. The van der Waals surface area contributed by atoms with Crippen LogP contribution in [-0.2, 0) is 4.79 Å². The van der Waals surface area contributed by atoms with Gasteiger partial charge < -0.3 is 5.11 Å². The molecule has 4 nitrogen and oxygen atoms in total. The van der Waals surface area contributed by atoms with E-state index in [1.54, 1.807) is 6.20 Å². The molecule has 0 radical (unpaired) electrons. The third-order valence-electron chi connectivity index (χ3n) is 0.471. The van der Waals surface area contributed by atoms with Crippen LogP contribution in [0, 0.1) is 0 Å². The minimum absolute atomic E-state index is 0.250. The second-order valence-electron chi connectivity index (χ2n) is 1.13. The molecule has 1 aromatic heterocycles. The molecule has 0 aliphatic carbocycles. The molecular formula is C3H3N2NaO2S. The van der Waals surface area contributed by atoms with E-state index in [0.29, 0.717) is 0 Å². The van der Waals surface area contributed by atoms with Crippen LogP contribution in [0.2, 0.25) is 0 Å². The van der Waals surface area contributed by atoms with Gasteiger partial charge in [0.25, 0.3) is 6.47 Å². The van der Waals surface area contributed by atoms with Crippen LogP contribution in [0.5, 0.6) is 0 Å². The fraction of sp³-hybridized carbons (Fsp3) is 0. The molecule has 9 heavy (non-hydrogen) atoms. The second-order valence-corrected chi connectivity index (χ2v) is 3.93. The van der Waals surface area contributed by atoms with Gasteiger partial charge in [-0.2, -0.15) is 0 Å². The van der Waals surface area contributed by atoms with Crippen molar-refractivity contribution in [3.8, 4) is 0 Å². The summed E-state index contributed by atoms with van der Waals surface area (Å²) in [5.74, 6) is 0. The van der Waals surface area contributed by atoms with E-state index in [9.17, 15) is 0 Å². The van der Waals surface area contributed by atoms with Crippen molar-refractivity contribution in [2.24, 2.45) is 0 Å². The third kappa shape index (κ3) is 5.91. The quantitative estimate of drug-likeness (QED) is 0.386. The van der Waals surface area contributed by atoms with Gasteiger partial charge in [-0.3, -0.25) is 4.79 Å². The van der Waals surface area contributed by atoms with E-state index in [0.717, 1.165) is 27.9 Å². The average Bonchev–Trinajstić information content (AvgIpc) is 2.20. The summed E-state index contributed by atoms with van der Waals surface area (Å²) < 4.78 is 4.95. The van der Waals surface area contributed by atoms with Gasteiger partial charge in [-0.1, -0.05) is 0 Å². The molecule has 0 saturated carbocycles. The second kappa shape index (κ2) is 6.15. The van der Waals surface area contributed by atoms with Crippen molar-refractivity contribution in [3.05, 3.63) is 6.20 Å².